The first-order valence-electron chi connectivity index (χ1n) is 12.0. The number of aryl methyl sites for hydroxylation is 2. The lowest BCUT2D eigenvalue weighted by molar-refractivity contribution is 0.0947. The highest BCUT2D eigenvalue weighted by atomic mass is 35.5. The number of amides is 2. The van der Waals surface area contributed by atoms with Crippen LogP contribution in [0.5, 0.6) is 0 Å². The molecule has 1 aliphatic rings. The quantitative estimate of drug-likeness (QED) is 0.340. The molecule has 2 amide bonds. The molecule has 0 aromatic heterocycles. The van der Waals surface area contributed by atoms with E-state index in [1.54, 1.807) is 24.3 Å². The van der Waals surface area contributed by atoms with Gasteiger partial charge in [-0.25, -0.2) is 8.42 Å². The highest BCUT2D eigenvalue weighted by molar-refractivity contribution is 7.91. The van der Waals surface area contributed by atoms with Gasteiger partial charge >= 0.3 is 0 Å². The van der Waals surface area contributed by atoms with Crippen LogP contribution >= 0.6 is 11.6 Å². The third-order valence-electron chi connectivity index (χ3n) is 6.68. The number of benzene rings is 4. The highest BCUT2D eigenvalue weighted by Gasteiger charge is 2.36. The third-order valence-corrected chi connectivity index (χ3v) is 8.91. The monoisotopic (exact) mass is 544 g/mol. The summed E-state index contributed by atoms with van der Waals surface area (Å²) in [5, 5.41) is 3.36. The molecule has 0 bridgehead atoms. The van der Waals surface area contributed by atoms with E-state index < -0.39 is 21.7 Å². The van der Waals surface area contributed by atoms with Crippen molar-refractivity contribution < 1.29 is 18.0 Å². The van der Waals surface area contributed by atoms with E-state index in [0.29, 0.717) is 5.02 Å². The van der Waals surface area contributed by atoms with E-state index in [0.717, 1.165) is 22.3 Å². The Morgan fingerprint density at radius 2 is 1.61 bits per heavy atom. The van der Waals surface area contributed by atoms with Gasteiger partial charge in [0.1, 0.15) is 0 Å². The standard InChI is InChI=1S/C30H25ClN2O4S/c1-19-11-12-20(2)23(15-19)18-33-26-16-21(29(34)32-17-22-7-3-5-9-25(22)31)13-14-28(26)38(36,37)27-10-6-4-8-24(27)30(33)35/h3-16H,17-18H2,1-2H3,(H,32,34). The maximum absolute atomic E-state index is 13.9. The number of nitrogens with one attached hydrogen (secondary N) is 1. The lowest BCUT2D eigenvalue weighted by Crippen LogP contribution is -2.31. The fraction of sp³-hybridized carbons (Fsp3) is 0.133. The van der Waals surface area contributed by atoms with E-state index in [2.05, 4.69) is 5.32 Å². The number of carbonyl (C=O) groups is 2. The fourth-order valence-electron chi connectivity index (χ4n) is 4.56. The molecule has 8 heteroatoms. The molecular weight excluding hydrogens is 520 g/mol. The van der Waals surface area contributed by atoms with Crippen LogP contribution in [0, 0.1) is 13.8 Å². The minimum Gasteiger partial charge on any atom is -0.348 e. The average Bonchev–Trinajstić information content (AvgIpc) is 2.98. The molecular formula is C30H25ClN2O4S. The zero-order chi connectivity index (χ0) is 27.0. The second kappa shape index (κ2) is 10.1. The first kappa shape index (κ1) is 25.7. The SMILES string of the molecule is Cc1ccc(C)c(CN2C(=O)c3ccccc3S(=O)(=O)c3ccc(C(=O)NCc4ccccc4Cl)cc32)c1. The number of halogens is 1. The lowest BCUT2D eigenvalue weighted by atomic mass is 10.0. The highest BCUT2D eigenvalue weighted by Crippen LogP contribution is 2.38. The molecule has 0 unspecified atom stereocenters. The van der Waals surface area contributed by atoms with E-state index in [-0.39, 0.29) is 39.7 Å². The average molecular weight is 545 g/mol. The summed E-state index contributed by atoms with van der Waals surface area (Å²) < 4.78 is 27.4. The van der Waals surface area contributed by atoms with Crippen LogP contribution in [-0.2, 0) is 22.9 Å². The number of hydrogen-bond acceptors (Lipinski definition) is 4. The van der Waals surface area contributed by atoms with E-state index in [9.17, 15) is 18.0 Å². The van der Waals surface area contributed by atoms with E-state index in [1.807, 2.05) is 44.2 Å². The van der Waals surface area contributed by atoms with Crippen molar-refractivity contribution in [3.8, 4) is 0 Å². The van der Waals surface area contributed by atoms with Gasteiger partial charge in [0.05, 0.1) is 27.6 Å². The number of sulfone groups is 1. The predicted octanol–water partition coefficient (Wildman–Crippen LogP) is 5.88. The van der Waals surface area contributed by atoms with Crippen LogP contribution in [0.1, 0.15) is 43.0 Å². The number of hydrogen-bond donors (Lipinski definition) is 1. The molecule has 4 aromatic rings. The number of anilines is 1. The second-order valence-electron chi connectivity index (χ2n) is 9.28. The molecule has 0 spiro atoms. The number of carbonyl (C=O) groups excluding carboxylic acids is 2. The second-order valence-corrected chi connectivity index (χ2v) is 11.6. The van der Waals surface area contributed by atoms with Gasteiger partial charge in [0, 0.05) is 17.1 Å². The Bertz CT molecular complexity index is 1700. The molecule has 1 aliphatic heterocycles. The van der Waals surface area contributed by atoms with Gasteiger partial charge in [0.15, 0.2) is 0 Å². The number of nitrogens with zero attached hydrogens (tertiary/aromatic N) is 1. The summed E-state index contributed by atoms with van der Waals surface area (Å²) in [7, 11) is -4.03. The predicted molar refractivity (Wildman–Crippen MR) is 147 cm³/mol. The van der Waals surface area contributed by atoms with Gasteiger partial charge in [0.25, 0.3) is 11.8 Å². The molecule has 4 aromatic carbocycles. The summed E-state index contributed by atoms with van der Waals surface area (Å²) in [5.41, 5.74) is 4.12. The summed E-state index contributed by atoms with van der Waals surface area (Å²) in [6, 6.07) is 23.7. The summed E-state index contributed by atoms with van der Waals surface area (Å²) in [4.78, 5) is 28.4. The first-order valence-corrected chi connectivity index (χ1v) is 13.9. The van der Waals surface area contributed by atoms with Crippen LogP contribution in [0.3, 0.4) is 0 Å². The molecule has 0 fully saturated rings. The summed E-state index contributed by atoms with van der Waals surface area (Å²) in [5.74, 6) is -0.858. The molecule has 1 N–H and O–H groups in total. The van der Waals surface area contributed by atoms with Crippen LogP contribution in [0.15, 0.2) is 94.7 Å². The maximum Gasteiger partial charge on any atom is 0.259 e. The third kappa shape index (κ3) is 4.71. The van der Waals surface area contributed by atoms with Crippen LogP contribution in [0.4, 0.5) is 5.69 Å². The molecule has 1 heterocycles. The zero-order valence-electron chi connectivity index (χ0n) is 20.9. The van der Waals surface area contributed by atoms with Crippen LogP contribution in [0.2, 0.25) is 5.02 Å². The van der Waals surface area contributed by atoms with E-state index in [1.165, 1.54) is 35.2 Å². The molecule has 0 atom stereocenters. The van der Waals surface area contributed by atoms with Crippen molar-refractivity contribution in [2.24, 2.45) is 0 Å². The molecule has 0 radical (unpaired) electrons. The molecule has 0 aliphatic carbocycles. The minimum atomic E-state index is -4.03. The molecule has 38 heavy (non-hydrogen) atoms. The van der Waals surface area contributed by atoms with Crippen molar-refractivity contribution in [1.29, 1.82) is 0 Å². The molecule has 0 saturated carbocycles. The van der Waals surface area contributed by atoms with Crippen molar-refractivity contribution in [3.63, 3.8) is 0 Å². The number of rotatable bonds is 5. The van der Waals surface area contributed by atoms with Crippen molar-refractivity contribution in [3.05, 3.63) is 123 Å². The van der Waals surface area contributed by atoms with Crippen molar-refractivity contribution in [1.82, 2.24) is 5.32 Å². The van der Waals surface area contributed by atoms with E-state index >= 15 is 0 Å². The smallest absolute Gasteiger partial charge is 0.259 e. The minimum absolute atomic E-state index is 0.0243. The largest absolute Gasteiger partial charge is 0.348 e. The van der Waals surface area contributed by atoms with E-state index in [4.69, 9.17) is 11.6 Å². The Balaban J connectivity index is 1.60. The van der Waals surface area contributed by atoms with Crippen LogP contribution in [-0.4, -0.2) is 20.2 Å². The molecule has 192 valence electrons. The van der Waals surface area contributed by atoms with Gasteiger partial charge in [-0.2, -0.15) is 0 Å². The summed E-state index contributed by atoms with van der Waals surface area (Å²) >= 11 is 6.22. The Morgan fingerprint density at radius 3 is 2.39 bits per heavy atom. The first-order chi connectivity index (χ1) is 18.2. The van der Waals surface area contributed by atoms with Gasteiger partial charge in [-0.05, 0) is 66.9 Å². The lowest BCUT2D eigenvalue weighted by Gasteiger charge is -2.24. The Labute approximate surface area is 226 Å². The number of fused-ring (bicyclic) bond motifs is 2. The van der Waals surface area contributed by atoms with Gasteiger partial charge in [-0.1, -0.05) is 65.7 Å². The van der Waals surface area contributed by atoms with Gasteiger partial charge < -0.3 is 10.2 Å². The Hall–Kier alpha value is -3.94. The van der Waals surface area contributed by atoms with Crippen molar-refractivity contribution in [2.45, 2.75) is 36.7 Å². The Morgan fingerprint density at radius 1 is 0.868 bits per heavy atom. The van der Waals surface area contributed by atoms with Gasteiger partial charge in [-0.15, -0.1) is 0 Å². The summed E-state index contributed by atoms with van der Waals surface area (Å²) in [6.07, 6.45) is 0. The molecule has 5 rings (SSSR count). The normalized spacial score (nSPS) is 13.9. The maximum atomic E-state index is 13.9. The molecule has 0 saturated heterocycles. The van der Waals surface area contributed by atoms with Crippen LogP contribution in [0.25, 0.3) is 0 Å². The van der Waals surface area contributed by atoms with Crippen LogP contribution < -0.4 is 10.2 Å². The Kier molecular flexibility index (Phi) is 6.82. The topological polar surface area (TPSA) is 83.6 Å². The fourth-order valence-corrected chi connectivity index (χ4v) is 6.40. The van der Waals surface area contributed by atoms with Crippen molar-refractivity contribution in [2.75, 3.05) is 4.90 Å². The molecule has 6 nitrogen and oxygen atoms in total. The zero-order valence-corrected chi connectivity index (χ0v) is 22.4. The van der Waals surface area contributed by atoms with Gasteiger partial charge in [-0.3, -0.25) is 9.59 Å². The van der Waals surface area contributed by atoms with Crippen molar-refractivity contribution >= 4 is 38.9 Å². The van der Waals surface area contributed by atoms with Gasteiger partial charge in [0.2, 0.25) is 9.84 Å². The summed E-state index contributed by atoms with van der Waals surface area (Å²) in [6.45, 7) is 4.25.